The molecule has 3 N–H and O–H groups in total. The van der Waals surface area contributed by atoms with Crippen LogP contribution in [-0.2, 0) is 0 Å². The smallest absolute Gasteiger partial charge is 0.262 e. The monoisotopic (exact) mass is 281 g/mol. The third-order valence-corrected chi connectivity index (χ3v) is 3.06. The van der Waals surface area contributed by atoms with Crippen LogP contribution in [0.4, 0.5) is 11.4 Å². The van der Waals surface area contributed by atoms with E-state index in [0.29, 0.717) is 5.69 Å². The van der Waals surface area contributed by atoms with Gasteiger partial charge in [0.05, 0.1) is 23.7 Å². The number of carbonyl (C=O) groups excluding carboxylic acids is 1. The first-order valence-electron chi connectivity index (χ1n) is 6.46. The van der Waals surface area contributed by atoms with E-state index in [2.05, 4.69) is 0 Å². The Bertz CT molecular complexity index is 678. The number of amides is 1. The lowest BCUT2D eigenvalue weighted by atomic mass is 10.1. The largest absolute Gasteiger partial charge is 0.505 e. The van der Waals surface area contributed by atoms with Gasteiger partial charge in [0.25, 0.3) is 5.91 Å². The number of carbonyl (C=O) groups is 1. The fraction of sp³-hybridized carbons (Fsp3) is 0.125. The molecule has 2 aromatic rings. The molecular formula is C16H15N3O2. The number of rotatable bonds is 4. The number of nitriles is 1. The summed E-state index contributed by atoms with van der Waals surface area (Å²) >= 11 is 0. The summed E-state index contributed by atoms with van der Waals surface area (Å²) in [4.78, 5) is 14.1. The minimum atomic E-state index is -0.388. The van der Waals surface area contributed by atoms with E-state index >= 15 is 0 Å². The van der Waals surface area contributed by atoms with Crippen LogP contribution in [0.2, 0.25) is 0 Å². The van der Waals surface area contributed by atoms with Crippen molar-refractivity contribution < 1.29 is 9.90 Å². The lowest BCUT2D eigenvalue weighted by Gasteiger charge is -2.22. The number of benzene rings is 2. The SMILES string of the molecule is N#CCCN(C(=O)c1cccc(N)c1O)c1ccccc1. The van der Waals surface area contributed by atoms with Gasteiger partial charge in [-0.1, -0.05) is 24.3 Å². The van der Waals surface area contributed by atoms with Gasteiger partial charge in [-0.2, -0.15) is 5.26 Å². The van der Waals surface area contributed by atoms with Crippen molar-refractivity contribution in [3.05, 3.63) is 54.1 Å². The van der Waals surface area contributed by atoms with Gasteiger partial charge in [0.2, 0.25) is 0 Å². The fourth-order valence-corrected chi connectivity index (χ4v) is 2.00. The van der Waals surface area contributed by atoms with Crippen molar-refractivity contribution in [2.75, 3.05) is 17.2 Å². The van der Waals surface area contributed by atoms with Gasteiger partial charge >= 0.3 is 0 Å². The number of nitrogen functional groups attached to an aromatic ring is 1. The molecule has 0 aromatic heterocycles. The van der Waals surface area contributed by atoms with Gasteiger partial charge in [0.1, 0.15) is 0 Å². The molecule has 0 aliphatic carbocycles. The molecule has 21 heavy (non-hydrogen) atoms. The van der Waals surface area contributed by atoms with Crippen LogP contribution in [0.3, 0.4) is 0 Å². The topological polar surface area (TPSA) is 90.4 Å². The second-order valence-corrected chi connectivity index (χ2v) is 4.44. The van der Waals surface area contributed by atoms with Crippen LogP contribution >= 0.6 is 0 Å². The average molecular weight is 281 g/mol. The van der Waals surface area contributed by atoms with Gasteiger partial charge in [-0.25, -0.2) is 0 Å². The number of para-hydroxylation sites is 2. The molecule has 0 heterocycles. The molecule has 0 unspecified atom stereocenters. The predicted octanol–water partition coefficient (Wildman–Crippen LogP) is 2.53. The Morgan fingerprint density at radius 2 is 1.90 bits per heavy atom. The van der Waals surface area contributed by atoms with Crippen molar-refractivity contribution in [1.29, 1.82) is 5.26 Å². The van der Waals surface area contributed by atoms with Crippen LogP contribution in [0, 0.1) is 11.3 Å². The van der Waals surface area contributed by atoms with Gasteiger partial charge in [-0.15, -0.1) is 0 Å². The van der Waals surface area contributed by atoms with Crippen molar-refractivity contribution in [1.82, 2.24) is 0 Å². The highest BCUT2D eigenvalue weighted by Crippen LogP contribution is 2.27. The van der Waals surface area contributed by atoms with E-state index in [-0.39, 0.29) is 35.9 Å². The number of anilines is 2. The Morgan fingerprint density at radius 1 is 1.19 bits per heavy atom. The Morgan fingerprint density at radius 3 is 2.57 bits per heavy atom. The normalized spacial score (nSPS) is 9.86. The van der Waals surface area contributed by atoms with E-state index < -0.39 is 0 Å². The first-order valence-corrected chi connectivity index (χ1v) is 6.46. The van der Waals surface area contributed by atoms with Crippen molar-refractivity contribution in [3.8, 4) is 11.8 Å². The molecule has 1 amide bonds. The summed E-state index contributed by atoms with van der Waals surface area (Å²) in [6.45, 7) is 0.244. The van der Waals surface area contributed by atoms with Gasteiger partial charge in [-0.3, -0.25) is 4.79 Å². The first kappa shape index (κ1) is 14.4. The zero-order valence-electron chi connectivity index (χ0n) is 11.4. The molecule has 2 aromatic carbocycles. The third kappa shape index (κ3) is 3.12. The highest BCUT2D eigenvalue weighted by atomic mass is 16.3. The number of nitrogens with two attached hydrogens (primary N) is 1. The number of hydrogen-bond donors (Lipinski definition) is 2. The lowest BCUT2D eigenvalue weighted by molar-refractivity contribution is 0.0985. The highest BCUT2D eigenvalue weighted by molar-refractivity contribution is 6.08. The molecule has 5 nitrogen and oxygen atoms in total. The van der Waals surface area contributed by atoms with Crippen LogP contribution in [0.5, 0.6) is 5.75 Å². The molecule has 0 radical (unpaired) electrons. The van der Waals surface area contributed by atoms with Crippen molar-refractivity contribution in [2.24, 2.45) is 0 Å². The zero-order valence-corrected chi connectivity index (χ0v) is 11.4. The minimum absolute atomic E-state index is 0.122. The van der Waals surface area contributed by atoms with Gasteiger partial charge in [0, 0.05) is 12.2 Å². The van der Waals surface area contributed by atoms with Gasteiger partial charge < -0.3 is 15.7 Å². The van der Waals surface area contributed by atoms with Crippen molar-refractivity contribution in [3.63, 3.8) is 0 Å². The summed E-state index contributed by atoms with van der Waals surface area (Å²) in [5, 5.41) is 18.7. The molecule has 0 saturated carbocycles. The Labute approximate surface area is 122 Å². The predicted molar refractivity (Wildman–Crippen MR) is 80.9 cm³/mol. The standard InChI is InChI=1S/C16H15N3O2/c17-10-5-11-19(12-6-2-1-3-7-12)16(21)13-8-4-9-14(18)15(13)20/h1-4,6-9,20H,5,11,18H2. The van der Waals surface area contributed by atoms with Gasteiger partial charge in [0.15, 0.2) is 5.75 Å². The molecule has 0 aliphatic heterocycles. The van der Waals surface area contributed by atoms with E-state index in [1.807, 2.05) is 12.1 Å². The summed E-state index contributed by atoms with van der Waals surface area (Å²) < 4.78 is 0. The van der Waals surface area contributed by atoms with E-state index in [4.69, 9.17) is 11.0 Å². The second-order valence-electron chi connectivity index (χ2n) is 4.44. The molecule has 0 bridgehead atoms. The number of hydrogen-bond acceptors (Lipinski definition) is 4. The van der Waals surface area contributed by atoms with E-state index in [0.717, 1.165) is 0 Å². The van der Waals surface area contributed by atoms with E-state index in [1.54, 1.807) is 30.3 Å². The minimum Gasteiger partial charge on any atom is -0.505 e. The maximum absolute atomic E-state index is 12.6. The average Bonchev–Trinajstić information content (AvgIpc) is 2.51. The molecule has 0 atom stereocenters. The Kier molecular flexibility index (Phi) is 4.42. The quantitative estimate of drug-likeness (QED) is 0.665. The van der Waals surface area contributed by atoms with E-state index in [1.165, 1.54) is 17.0 Å². The Hall–Kier alpha value is -3.00. The molecular weight excluding hydrogens is 266 g/mol. The lowest BCUT2D eigenvalue weighted by Crippen LogP contribution is -2.31. The summed E-state index contributed by atoms with van der Waals surface area (Å²) in [6, 6.07) is 15.7. The van der Waals surface area contributed by atoms with Crippen LogP contribution in [0.1, 0.15) is 16.8 Å². The number of phenolic OH excluding ortho intramolecular Hbond substituents is 1. The van der Waals surface area contributed by atoms with Crippen LogP contribution < -0.4 is 10.6 Å². The van der Waals surface area contributed by atoms with Crippen LogP contribution in [-0.4, -0.2) is 17.6 Å². The summed E-state index contributed by atoms with van der Waals surface area (Å²) in [6.07, 6.45) is 0.198. The molecule has 5 heteroatoms. The Balaban J connectivity index is 2.39. The second kappa shape index (κ2) is 6.44. The number of nitrogens with zero attached hydrogens (tertiary/aromatic N) is 2. The zero-order chi connectivity index (χ0) is 15.2. The summed E-state index contributed by atoms with van der Waals surface area (Å²) in [5.74, 6) is -0.623. The number of aromatic hydroxyl groups is 1. The number of phenols is 1. The first-order chi connectivity index (χ1) is 10.1. The van der Waals surface area contributed by atoms with Crippen LogP contribution in [0.15, 0.2) is 48.5 Å². The maximum atomic E-state index is 12.6. The summed E-state index contributed by atoms with van der Waals surface area (Å²) in [5.41, 5.74) is 6.56. The third-order valence-electron chi connectivity index (χ3n) is 3.06. The van der Waals surface area contributed by atoms with E-state index in [9.17, 15) is 9.90 Å². The fourth-order valence-electron chi connectivity index (χ4n) is 2.00. The van der Waals surface area contributed by atoms with Crippen molar-refractivity contribution >= 4 is 17.3 Å². The van der Waals surface area contributed by atoms with Crippen molar-refractivity contribution in [2.45, 2.75) is 6.42 Å². The summed E-state index contributed by atoms with van der Waals surface area (Å²) in [7, 11) is 0. The molecule has 0 saturated heterocycles. The molecule has 106 valence electrons. The maximum Gasteiger partial charge on any atom is 0.262 e. The molecule has 0 aliphatic rings. The highest BCUT2D eigenvalue weighted by Gasteiger charge is 2.21. The molecule has 2 rings (SSSR count). The molecule has 0 spiro atoms. The molecule has 0 fully saturated rings. The van der Waals surface area contributed by atoms with Crippen LogP contribution in [0.25, 0.3) is 0 Å². The van der Waals surface area contributed by atoms with Gasteiger partial charge in [-0.05, 0) is 24.3 Å².